The van der Waals surface area contributed by atoms with E-state index >= 15 is 0 Å². The molecule has 27 heavy (non-hydrogen) atoms. The first-order valence-electron chi connectivity index (χ1n) is 8.70. The molecule has 1 amide bonds. The number of para-hydroxylation sites is 2. The number of carbonyl (C=O) groups is 2. The normalized spacial score (nSPS) is 10.9. The molecule has 2 N–H and O–H groups in total. The standard InChI is InChI=1S/C20H21N3O4/c1-22-16-7-2-3-8-17(16)23(20(22)27)12-11-18(24)21-15-6-4-5-14(13-15)9-10-19(25)26/h2-8,13H,9-12H2,1H3,(H,21,24)(H,25,26). The highest BCUT2D eigenvalue weighted by Crippen LogP contribution is 2.14. The SMILES string of the molecule is Cn1c(=O)n(CCC(=O)Nc2cccc(CCC(=O)O)c2)c2ccccc21. The number of fused-ring (bicyclic) bond motifs is 1. The maximum atomic E-state index is 12.4. The fourth-order valence-corrected chi connectivity index (χ4v) is 3.07. The van der Waals surface area contributed by atoms with E-state index in [1.54, 1.807) is 34.4 Å². The van der Waals surface area contributed by atoms with Gasteiger partial charge in [-0.3, -0.25) is 18.7 Å². The predicted molar refractivity (Wildman–Crippen MR) is 103 cm³/mol. The zero-order chi connectivity index (χ0) is 19.4. The zero-order valence-electron chi connectivity index (χ0n) is 15.0. The minimum Gasteiger partial charge on any atom is -0.481 e. The van der Waals surface area contributed by atoms with Crippen LogP contribution in [0.4, 0.5) is 5.69 Å². The fraction of sp³-hybridized carbons (Fsp3) is 0.250. The summed E-state index contributed by atoms with van der Waals surface area (Å²) in [4.78, 5) is 35.3. The van der Waals surface area contributed by atoms with Crippen molar-refractivity contribution in [2.24, 2.45) is 7.05 Å². The molecule has 0 saturated heterocycles. The molecule has 7 heteroatoms. The molecule has 140 valence electrons. The molecule has 0 atom stereocenters. The zero-order valence-corrected chi connectivity index (χ0v) is 15.0. The summed E-state index contributed by atoms with van der Waals surface area (Å²) in [6, 6.07) is 14.6. The minimum absolute atomic E-state index is 0.0431. The number of anilines is 1. The van der Waals surface area contributed by atoms with Crippen molar-refractivity contribution in [2.75, 3.05) is 5.32 Å². The molecule has 1 heterocycles. The number of carboxylic acid groups (broad SMARTS) is 1. The van der Waals surface area contributed by atoms with Crippen molar-refractivity contribution in [1.29, 1.82) is 0 Å². The average molecular weight is 367 g/mol. The van der Waals surface area contributed by atoms with Crippen molar-refractivity contribution >= 4 is 28.6 Å². The topological polar surface area (TPSA) is 93.3 Å². The molecule has 3 rings (SSSR count). The molecule has 7 nitrogen and oxygen atoms in total. The molecule has 2 aromatic carbocycles. The van der Waals surface area contributed by atoms with E-state index in [1.807, 2.05) is 30.3 Å². The van der Waals surface area contributed by atoms with Gasteiger partial charge in [-0.05, 0) is 36.2 Å². The van der Waals surface area contributed by atoms with Gasteiger partial charge in [-0.1, -0.05) is 24.3 Å². The summed E-state index contributed by atoms with van der Waals surface area (Å²) in [5, 5.41) is 11.6. The molecule has 1 aromatic heterocycles. The average Bonchev–Trinajstić information content (AvgIpc) is 2.89. The van der Waals surface area contributed by atoms with E-state index in [-0.39, 0.29) is 31.0 Å². The van der Waals surface area contributed by atoms with Gasteiger partial charge in [-0.15, -0.1) is 0 Å². The Hall–Kier alpha value is -3.35. The first-order valence-corrected chi connectivity index (χ1v) is 8.70. The van der Waals surface area contributed by atoms with Gasteiger partial charge in [-0.2, -0.15) is 0 Å². The first-order chi connectivity index (χ1) is 13.0. The van der Waals surface area contributed by atoms with E-state index in [2.05, 4.69) is 5.32 Å². The third-order valence-electron chi connectivity index (χ3n) is 4.45. The van der Waals surface area contributed by atoms with E-state index in [4.69, 9.17) is 5.11 Å². The lowest BCUT2D eigenvalue weighted by atomic mass is 10.1. The number of imidazole rings is 1. The lowest BCUT2D eigenvalue weighted by Crippen LogP contribution is -2.24. The summed E-state index contributed by atoms with van der Waals surface area (Å²) < 4.78 is 3.16. The maximum absolute atomic E-state index is 12.4. The summed E-state index contributed by atoms with van der Waals surface area (Å²) in [6.45, 7) is 0.282. The van der Waals surface area contributed by atoms with Crippen molar-refractivity contribution in [3.8, 4) is 0 Å². The van der Waals surface area contributed by atoms with Crippen molar-refractivity contribution in [2.45, 2.75) is 25.8 Å². The monoisotopic (exact) mass is 367 g/mol. The maximum Gasteiger partial charge on any atom is 0.328 e. The highest BCUT2D eigenvalue weighted by Gasteiger charge is 2.11. The van der Waals surface area contributed by atoms with E-state index in [1.165, 1.54) is 0 Å². The first kappa shape index (κ1) is 18.4. The Balaban J connectivity index is 1.66. The van der Waals surface area contributed by atoms with Crippen LogP contribution >= 0.6 is 0 Å². The number of aryl methyl sites for hydroxylation is 3. The molecule has 0 saturated carbocycles. The largest absolute Gasteiger partial charge is 0.481 e. The van der Waals surface area contributed by atoms with E-state index < -0.39 is 5.97 Å². The molecule has 0 spiro atoms. The number of rotatable bonds is 7. The van der Waals surface area contributed by atoms with Gasteiger partial charge in [0.1, 0.15) is 0 Å². The van der Waals surface area contributed by atoms with Crippen molar-refractivity contribution < 1.29 is 14.7 Å². The Morgan fingerprint density at radius 3 is 2.52 bits per heavy atom. The molecule has 0 aliphatic carbocycles. The highest BCUT2D eigenvalue weighted by molar-refractivity contribution is 5.90. The third kappa shape index (κ3) is 4.25. The summed E-state index contributed by atoms with van der Waals surface area (Å²) in [5.41, 5.74) is 2.94. The number of nitrogens with one attached hydrogen (secondary N) is 1. The number of carboxylic acids is 1. The highest BCUT2D eigenvalue weighted by atomic mass is 16.4. The quantitative estimate of drug-likeness (QED) is 0.670. The van der Waals surface area contributed by atoms with Crippen LogP contribution in [0.2, 0.25) is 0 Å². The molecule has 3 aromatic rings. The van der Waals surface area contributed by atoms with Gasteiger partial charge in [0, 0.05) is 32.1 Å². The van der Waals surface area contributed by atoms with Crippen molar-refractivity contribution in [3.05, 3.63) is 64.6 Å². The van der Waals surface area contributed by atoms with Crippen LogP contribution in [-0.4, -0.2) is 26.1 Å². The van der Waals surface area contributed by atoms with Crippen LogP contribution in [0, 0.1) is 0 Å². The molecule has 0 fully saturated rings. The second-order valence-corrected chi connectivity index (χ2v) is 6.37. The summed E-state index contributed by atoms with van der Waals surface area (Å²) in [7, 11) is 1.71. The third-order valence-corrected chi connectivity index (χ3v) is 4.45. The number of aromatic nitrogens is 2. The number of nitrogens with zero attached hydrogens (tertiary/aromatic N) is 2. The lowest BCUT2D eigenvalue weighted by molar-refractivity contribution is -0.137. The van der Waals surface area contributed by atoms with E-state index in [0.29, 0.717) is 12.1 Å². The van der Waals surface area contributed by atoms with Crippen LogP contribution in [0.5, 0.6) is 0 Å². The summed E-state index contributed by atoms with van der Waals surface area (Å²) in [6.07, 6.45) is 0.610. The Morgan fingerprint density at radius 2 is 1.78 bits per heavy atom. The van der Waals surface area contributed by atoms with Gasteiger partial charge in [0.05, 0.1) is 11.0 Å². The van der Waals surface area contributed by atoms with Gasteiger partial charge in [0.2, 0.25) is 5.91 Å². The Morgan fingerprint density at radius 1 is 1.04 bits per heavy atom. The Bertz CT molecular complexity index is 1050. The minimum atomic E-state index is -0.857. The molecule has 0 unspecified atom stereocenters. The van der Waals surface area contributed by atoms with Crippen LogP contribution < -0.4 is 11.0 Å². The number of hydrogen-bond acceptors (Lipinski definition) is 3. The lowest BCUT2D eigenvalue weighted by Gasteiger charge is -2.08. The van der Waals surface area contributed by atoms with E-state index in [0.717, 1.165) is 16.6 Å². The smallest absolute Gasteiger partial charge is 0.328 e. The number of carbonyl (C=O) groups excluding carboxylic acids is 1. The fourth-order valence-electron chi connectivity index (χ4n) is 3.07. The summed E-state index contributed by atoms with van der Waals surface area (Å²) in [5.74, 6) is -1.06. The molecule has 0 radical (unpaired) electrons. The van der Waals surface area contributed by atoms with Gasteiger partial charge in [-0.25, -0.2) is 4.79 Å². The molecule has 0 aliphatic heterocycles. The van der Waals surface area contributed by atoms with Crippen LogP contribution in [0.3, 0.4) is 0 Å². The van der Waals surface area contributed by atoms with Gasteiger partial charge >= 0.3 is 11.7 Å². The van der Waals surface area contributed by atoms with Gasteiger partial charge < -0.3 is 10.4 Å². The van der Waals surface area contributed by atoms with Gasteiger partial charge in [0.15, 0.2) is 0 Å². The predicted octanol–water partition coefficient (Wildman–Crippen LogP) is 2.39. The molecule has 0 bridgehead atoms. The van der Waals surface area contributed by atoms with Gasteiger partial charge in [0.25, 0.3) is 0 Å². The Kier molecular flexibility index (Phi) is 5.40. The Labute approximate surface area is 155 Å². The summed E-state index contributed by atoms with van der Waals surface area (Å²) >= 11 is 0. The number of aliphatic carboxylic acids is 1. The molecular weight excluding hydrogens is 346 g/mol. The van der Waals surface area contributed by atoms with Crippen molar-refractivity contribution in [3.63, 3.8) is 0 Å². The van der Waals surface area contributed by atoms with Crippen molar-refractivity contribution in [1.82, 2.24) is 9.13 Å². The van der Waals surface area contributed by atoms with Crippen LogP contribution in [-0.2, 0) is 29.6 Å². The van der Waals surface area contributed by atoms with Crippen LogP contribution in [0.25, 0.3) is 11.0 Å². The van der Waals surface area contributed by atoms with Crippen LogP contribution in [0.1, 0.15) is 18.4 Å². The second kappa shape index (κ2) is 7.90. The van der Waals surface area contributed by atoms with Crippen LogP contribution in [0.15, 0.2) is 53.3 Å². The molecule has 0 aliphatic rings. The second-order valence-electron chi connectivity index (χ2n) is 6.37. The van der Waals surface area contributed by atoms with E-state index in [9.17, 15) is 14.4 Å². The molecular formula is C20H21N3O4. The number of hydrogen-bond donors (Lipinski definition) is 2. The number of benzene rings is 2. The number of amides is 1.